The van der Waals surface area contributed by atoms with Gasteiger partial charge in [-0.3, -0.25) is 4.79 Å². The first kappa shape index (κ1) is 15.1. The van der Waals surface area contributed by atoms with Crippen molar-refractivity contribution < 1.29 is 13.2 Å². The van der Waals surface area contributed by atoms with Gasteiger partial charge in [0.05, 0.1) is 4.90 Å². The molecular weight excluding hydrogens is 288 g/mol. The molecular formula is C15H16N2O3S. The maximum Gasteiger partial charge on any atom is 0.260 e. The van der Waals surface area contributed by atoms with Crippen LogP contribution >= 0.6 is 0 Å². The number of rotatable bonds is 4. The Morgan fingerprint density at radius 2 is 1.67 bits per heavy atom. The molecule has 0 fully saturated rings. The van der Waals surface area contributed by atoms with Gasteiger partial charge in [0.15, 0.2) is 0 Å². The summed E-state index contributed by atoms with van der Waals surface area (Å²) in [7, 11) is -0.248. The van der Waals surface area contributed by atoms with Gasteiger partial charge in [-0.25, -0.2) is 8.42 Å². The highest BCUT2D eigenvalue weighted by Crippen LogP contribution is 2.32. The van der Waals surface area contributed by atoms with E-state index in [1.54, 1.807) is 18.2 Å². The fraction of sp³-hybridized carbons (Fsp3) is 0.133. The van der Waals surface area contributed by atoms with Crippen molar-refractivity contribution in [1.82, 2.24) is 0 Å². The first-order valence-electron chi connectivity index (χ1n) is 6.19. The van der Waals surface area contributed by atoms with Gasteiger partial charge in [-0.1, -0.05) is 30.8 Å². The first-order chi connectivity index (χ1) is 9.76. The van der Waals surface area contributed by atoms with Crippen molar-refractivity contribution in [3.63, 3.8) is 0 Å². The summed E-state index contributed by atoms with van der Waals surface area (Å²) in [4.78, 5) is 12.5. The van der Waals surface area contributed by atoms with E-state index >= 15 is 0 Å². The number of anilines is 1. The van der Waals surface area contributed by atoms with Gasteiger partial charge in [0.25, 0.3) is 5.91 Å². The highest BCUT2D eigenvalue weighted by Gasteiger charge is 2.25. The predicted molar refractivity (Wildman–Crippen MR) is 83.8 cm³/mol. The summed E-state index contributed by atoms with van der Waals surface area (Å²) in [5.41, 5.74) is 5.94. The molecule has 0 aliphatic carbocycles. The van der Waals surface area contributed by atoms with E-state index < -0.39 is 20.6 Å². The van der Waals surface area contributed by atoms with Crippen LogP contribution in [0.2, 0.25) is 0 Å². The Bertz CT molecular complexity index is 839. The molecule has 6 heteroatoms. The average Bonchev–Trinajstić information content (AvgIpc) is 2.44. The molecule has 0 saturated heterocycles. The molecule has 0 heterocycles. The lowest BCUT2D eigenvalue weighted by molar-refractivity contribution is -0.113. The fourth-order valence-corrected chi connectivity index (χ4v) is 3.41. The molecule has 2 N–H and O–H groups in total. The molecule has 0 saturated carbocycles. The van der Waals surface area contributed by atoms with Crippen LogP contribution in [0.15, 0.2) is 52.8 Å². The summed E-state index contributed by atoms with van der Waals surface area (Å²) < 4.78 is 24.9. The van der Waals surface area contributed by atoms with Gasteiger partial charge < -0.3 is 10.6 Å². The second-order valence-corrected chi connectivity index (χ2v) is 6.75. The second kappa shape index (κ2) is 5.21. The third-order valence-electron chi connectivity index (χ3n) is 3.23. The Morgan fingerprint density at radius 1 is 1.10 bits per heavy atom. The zero-order valence-electron chi connectivity index (χ0n) is 11.8. The summed E-state index contributed by atoms with van der Waals surface area (Å²) >= 11 is 0. The van der Waals surface area contributed by atoms with Crippen molar-refractivity contribution in [1.29, 1.82) is 0 Å². The molecule has 0 unspecified atom stereocenters. The van der Waals surface area contributed by atoms with E-state index in [1.807, 2.05) is 31.1 Å². The average molecular weight is 304 g/mol. The summed E-state index contributed by atoms with van der Waals surface area (Å²) in [6.07, 6.45) is 0. The van der Waals surface area contributed by atoms with Gasteiger partial charge in [0, 0.05) is 30.6 Å². The summed E-state index contributed by atoms with van der Waals surface area (Å²) in [5, 5.41) is 1.31. The smallest absolute Gasteiger partial charge is 0.260 e. The largest absolute Gasteiger partial charge is 0.377 e. The number of nitrogens with two attached hydrogens (primary N) is 1. The number of carbonyl (C=O) groups excluding carboxylic acids is 1. The maximum atomic E-state index is 12.5. The molecule has 0 spiro atoms. The number of nitrogens with zero attached hydrogens (tertiary/aromatic N) is 1. The van der Waals surface area contributed by atoms with Crippen molar-refractivity contribution in [2.24, 2.45) is 5.73 Å². The number of primary amides is 1. The Morgan fingerprint density at radius 3 is 2.24 bits per heavy atom. The second-order valence-electron chi connectivity index (χ2n) is 4.81. The Kier molecular flexibility index (Phi) is 3.74. The number of hydrogen-bond acceptors (Lipinski definition) is 4. The zero-order valence-corrected chi connectivity index (χ0v) is 12.6. The standard InChI is InChI=1S/C15H16N2O3S/c1-10(15(16)18)21(19,20)14-9-5-6-11-12(14)7-4-8-13(11)17(2)3/h4-9H,1H2,2-3H3,(H2,16,18). The zero-order chi connectivity index (χ0) is 15.8. The molecule has 2 rings (SSSR count). The van der Waals surface area contributed by atoms with E-state index in [0.29, 0.717) is 5.39 Å². The van der Waals surface area contributed by atoms with Gasteiger partial charge in [0.2, 0.25) is 9.84 Å². The van der Waals surface area contributed by atoms with E-state index in [2.05, 4.69) is 6.58 Å². The van der Waals surface area contributed by atoms with Gasteiger partial charge in [-0.05, 0) is 12.1 Å². The van der Waals surface area contributed by atoms with Crippen molar-refractivity contribution in [2.45, 2.75) is 4.90 Å². The van der Waals surface area contributed by atoms with Crippen LogP contribution in [0, 0.1) is 0 Å². The maximum absolute atomic E-state index is 12.5. The highest BCUT2D eigenvalue weighted by molar-refractivity contribution is 7.96. The van der Waals surface area contributed by atoms with Crippen LogP contribution in [0.3, 0.4) is 0 Å². The van der Waals surface area contributed by atoms with Crippen LogP contribution < -0.4 is 10.6 Å². The Hall–Kier alpha value is -2.34. The minimum atomic E-state index is -3.99. The number of amides is 1. The summed E-state index contributed by atoms with van der Waals surface area (Å²) in [5.74, 6) is -1.05. The van der Waals surface area contributed by atoms with Crippen LogP contribution in [0.25, 0.3) is 10.8 Å². The monoisotopic (exact) mass is 304 g/mol. The molecule has 110 valence electrons. The van der Waals surface area contributed by atoms with Gasteiger partial charge in [-0.2, -0.15) is 0 Å². The van der Waals surface area contributed by atoms with Crippen molar-refractivity contribution in [3.05, 3.63) is 47.9 Å². The molecule has 1 amide bonds. The molecule has 0 atom stereocenters. The van der Waals surface area contributed by atoms with Gasteiger partial charge in [-0.15, -0.1) is 0 Å². The molecule has 2 aromatic carbocycles. The number of hydrogen-bond donors (Lipinski definition) is 1. The SMILES string of the molecule is C=C(C(N)=O)S(=O)(=O)c1cccc2c(N(C)C)cccc12. The minimum Gasteiger partial charge on any atom is -0.377 e. The Balaban J connectivity index is 2.81. The molecule has 0 bridgehead atoms. The molecule has 0 aliphatic heterocycles. The van der Waals surface area contributed by atoms with Crippen molar-refractivity contribution in [2.75, 3.05) is 19.0 Å². The lowest BCUT2D eigenvalue weighted by Crippen LogP contribution is -2.20. The number of benzene rings is 2. The van der Waals surface area contributed by atoms with E-state index in [9.17, 15) is 13.2 Å². The lowest BCUT2D eigenvalue weighted by Gasteiger charge is -2.17. The number of carbonyl (C=O) groups is 1. The number of sulfone groups is 1. The van der Waals surface area contributed by atoms with Gasteiger partial charge in [0.1, 0.15) is 4.91 Å². The van der Waals surface area contributed by atoms with Crippen LogP contribution in [-0.2, 0) is 14.6 Å². The quantitative estimate of drug-likeness (QED) is 0.871. The highest BCUT2D eigenvalue weighted by atomic mass is 32.2. The van der Waals surface area contributed by atoms with E-state index in [4.69, 9.17) is 5.73 Å². The molecule has 0 aromatic heterocycles. The van der Waals surface area contributed by atoms with E-state index in [0.717, 1.165) is 11.1 Å². The van der Waals surface area contributed by atoms with E-state index in [-0.39, 0.29) is 4.90 Å². The van der Waals surface area contributed by atoms with E-state index in [1.165, 1.54) is 6.07 Å². The van der Waals surface area contributed by atoms with Crippen molar-refractivity contribution in [3.8, 4) is 0 Å². The lowest BCUT2D eigenvalue weighted by atomic mass is 10.1. The topological polar surface area (TPSA) is 80.5 Å². The number of fused-ring (bicyclic) bond motifs is 1. The molecule has 5 nitrogen and oxygen atoms in total. The van der Waals surface area contributed by atoms with Crippen LogP contribution in [0.1, 0.15) is 0 Å². The molecule has 0 aliphatic rings. The predicted octanol–water partition coefficient (Wildman–Crippen LogP) is 1.68. The summed E-state index contributed by atoms with van der Waals surface area (Å²) in [6.45, 7) is 3.29. The van der Waals surface area contributed by atoms with Crippen LogP contribution in [0.5, 0.6) is 0 Å². The third kappa shape index (κ3) is 2.50. The first-order valence-corrected chi connectivity index (χ1v) is 7.68. The van der Waals surface area contributed by atoms with Crippen LogP contribution in [-0.4, -0.2) is 28.4 Å². The van der Waals surface area contributed by atoms with Crippen molar-refractivity contribution >= 4 is 32.2 Å². The van der Waals surface area contributed by atoms with Gasteiger partial charge >= 0.3 is 0 Å². The fourth-order valence-electron chi connectivity index (χ4n) is 2.15. The molecule has 2 aromatic rings. The minimum absolute atomic E-state index is 0.0347. The molecule has 21 heavy (non-hydrogen) atoms. The normalized spacial score (nSPS) is 11.3. The molecule has 0 radical (unpaired) electrons. The Labute approximate surface area is 123 Å². The van der Waals surface area contributed by atoms with Crippen LogP contribution in [0.4, 0.5) is 5.69 Å². The third-order valence-corrected chi connectivity index (χ3v) is 5.01. The summed E-state index contributed by atoms with van der Waals surface area (Å²) in [6, 6.07) is 10.3.